The van der Waals surface area contributed by atoms with Crippen LogP contribution in [0.25, 0.3) is 0 Å². The summed E-state index contributed by atoms with van der Waals surface area (Å²) in [7, 11) is -2.93. The topological polar surface area (TPSA) is 87.6 Å². The molecule has 4 rings (SSSR count). The fraction of sp³-hybridized carbons (Fsp3) is 0.529. The number of hydrogen-bond donors (Lipinski definition) is 2. The first-order valence-corrected chi connectivity index (χ1v) is 11.3. The molecular weight excluding hydrogens is 358 g/mol. The second-order valence-electron chi connectivity index (χ2n) is 6.89. The highest BCUT2D eigenvalue weighted by atomic mass is 32.2. The molecule has 2 N–H and O–H groups in total. The molecule has 25 heavy (non-hydrogen) atoms. The van der Waals surface area contributed by atoms with E-state index in [4.69, 9.17) is 0 Å². The number of fused-ring (bicyclic) bond motifs is 1. The van der Waals surface area contributed by atoms with Gasteiger partial charge in [-0.3, -0.25) is 9.79 Å². The van der Waals surface area contributed by atoms with Crippen LogP contribution in [0.2, 0.25) is 0 Å². The van der Waals surface area contributed by atoms with Gasteiger partial charge in [-0.25, -0.2) is 8.42 Å². The van der Waals surface area contributed by atoms with Crippen LogP contribution < -0.4 is 10.6 Å². The number of carbonyl (C=O) groups excluding carboxylic acids is 1. The van der Waals surface area contributed by atoms with Gasteiger partial charge >= 0.3 is 0 Å². The van der Waals surface area contributed by atoms with E-state index in [9.17, 15) is 13.2 Å². The highest BCUT2D eigenvalue weighted by Gasteiger charge is 2.42. The van der Waals surface area contributed by atoms with Gasteiger partial charge in [0.1, 0.15) is 0 Å². The van der Waals surface area contributed by atoms with Crippen molar-refractivity contribution in [2.24, 2.45) is 4.99 Å². The van der Waals surface area contributed by atoms with Gasteiger partial charge < -0.3 is 10.6 Å². The molecule has 1 aromatic rings. The maximum absolute atomic E-state index is 12.2. The number of nitrogens with one attached hydrogen (secondary N) is 2. The Hall–Kier alpha value is -1.54. The maximum atomic E-state index is 12.2. The lowest BCUT2D eigenvalue weighted by Gasteiger charge is -2.12. The molecule has 3 aliphatic rings. The predicted octanol–water partition coefficient (Wildman–Crippen LogP) is 2.04. The summed E-state index contributed by atoms with van der Waals surface area (Å²) in [6.45, 7) is 0. The molecular formula is C17H21N3O3S2. The summed E-state index contributed by atoms with van der Waals surface area (Å²) in [4.78, 5) is 16.7. The molecule has 2 atom stereocenters. The van der Waals surface area contributed by atoms with Gasteiger partial charge in [-0.15, -0.1) is 0 Å². The fourth-order valence-electron chi connectivity index (χ4n) is 3.58. The van der Waals surface area contributed by atoms with E-state index in [0.29, 0.717) is 11.6 Å². The van der Waals surface area contributed by atoms with E-state index in [1.807, 2.05) is 12.1 Å². The van der Waals surface area contributed by atoms with Crippen LogP contribution >= 0.6 is 11.8 Å². The van der Waals surface area contributed by atoms with E-state index in [1.165, 1.54) is 24.6 Å². The Bertz CT molecular complexity index is 799. The lowest BCUT2D eigenvalue weighted by molar-refractivity contribution is 0.0938. The van der Waals surface area contributed by atoms with E-state index < -0.39 is 9.84 Å². The van der Waals surface area contributed by atoms with Gasteiger partial charge in [-0.1, -0.05) is 24.6 Å². The zero-order valence-electron chi connectivity index (χ0n) is 13.8. The van der Waals surface area contributed by atoms with Crippen LogP contribution in [0.4, 0.5) is 5.69 Å². The van der Waals surface area contributed by atoms with Crippen molar-refractivity contribution in [3.8, 4) is 0 Å². The Balaban J connectivity index is 1.36. The zero-order chi connectivity index (χ0) is 17.4. The number of rotatable bonds is 3. The van der Waals surface area contributed by atoms with E-state index in [0.717, 1.165) is 23.7 Å². The molecule has 0 bridgehead atoms. The highest BCUT2D eigenvalue weighted by molar-refractivity contribution is 8.15. The Morgan fingerprint density at radius 2 is 1.84 bits per heavy atom. The molecule has 1 amide bonds. The van der Waals surface area contributed by atoms with E-state index >= 15 is 0 Å². The monoisotopic (exact) mass is 379 g/mol. The largest absolute Gasteiger partial charge is 0.349 e. The van der Waals surface area contributed by atoms with Crippen molar-refractivity contribution in [3.05, 3.63) is 29.8 Å². The molecule has 1 aromatic carbocycles. The second-order valence-corrected chi connectivity index (χ2v) is 10.3. The first kappa shape index (κ1) is 16.9. The molecule has 2 fully saturated rings. The molecule has 2 heterocycles. The Morgan fingerprint density at radius 1 is 1.12 bits per heavy atom. The summed E-state index contributed by atoms with van der Waals surface area (Å²) in [6, 6.07) is 7.50. The summed E-state index contributed by atoms with van der Waals surface area (Å²) in [5.41, 5.74) is 1.51. The number of carbonyl (C=O) groups is 1. The van der Waals surface area contributed by atoms with Gasteiger partial charge in [0.15, 0.2) is 15.0 Å². The first-order valence-electron chi connectivity index (χ1n) is 8.61. The molecule has 0 radical (unpaired) electrons. The minimum absolute atomic E-state index is 0.0224. The lowest BCUT2D eigenvalue weighted by atomic mass is 10.1. The lowest BCUT2D eigenvalue weighted by Crippen LogP contribution is -2.32. The van der Waals surface area contributed by atoms with Crippen molar-refractivity contribution in [2.75, 3.05) is 16.8 Å². The van der Waals surface area contributed by atoms with Gasteiger partial charge in [0.25, 0.3) is 5.91 Å². The predicted molar refractivity (Wildman–Crippen MR) is 101 cm³/mol. The van der Waals surface area contributed by atoms with Crippen LogP contribution in [0.15, 0.2) is 29.3 Å². The third-order valence-corrected chi connectivity index (χ3v) is 8.05. The standard InChI is InChI=1S/C17H21N3O3S2/c21-16(18-12-3-1-2-4-12)11-5-7-13(8-6-11)19-17-20-14-9-25(22,23)10-15(14)24-17/h5-8,12,14-15H,1-4,9-10H2,(H,18,21)(H,19,20)/t14-,15-/m0/s1. The van der Waals surface area contributed by atoms with E-state index in [-0.39, 0.29) is 28.7 Å². The summed E-state index contributed by atoms with van der Waals surface area (Å²) in [5, 5.41) is 7.09. The van der Waals surface area contributed by atoms with Gasteiger partial charge in [0.2, 0.25) is 0 Å². The molecule has 6 nitrogen and oxygen atoms in total. The molecule has 134 valence electrons. The molecule has 0 unspecified atom stereocenters. The number of benzene rings is 1. The van der Waals surface area contributed by atoms with Gasteiger partial charge in [0, 0.05) is 22.5 Å². The third kappa shape index (κ3) is 3.84. The van der Waals surface area contributed by atoms with Crippen molar-refractivity contribution in [2.45, 2.75) is 43.0 Å². The zero-order valence-corrected chi connectivity index (χ0v) is 15.4. The molecule has 8 heteroatoms. The summed E-state index contributed by atoms with van der Waals surface area (Å²) >= 11 is 1.49. The smallest absolute Gasteiger partial charge is 0.251 e. The maximum Gasteiger partial charge on any atom is 0.251 e. The Labute approximate surface area is 151 Å². The molecule has 1 saturated heterocycles. The van der Waals surface area contributed by atoms with Crippen molar-refractivity contribution >= 4 is 38.4 Å². The minimum atomic E-state index is -2.93. The van der Waals surface area contributed by atoms with Crippen molar-refractivity contribution in [3.63, 3.8) is 0 Å². The molecule has 1 aliphatic carbocycles. The minimum Gasteiger partial charge on any atom is -0.349 e. The van der Waals surface area contributed by atoms with Gasteiger partial charge in [-0.05, 0) is 37.1 Å². The van der Waals surface area contributed by atoms with Crippen molar-refractivity contribution in [1.29, 1.82) is 0 Å². The molecule has 1 saturated carbocycles. The highest BCUT2D eigenvalue weighted by Crippen LogP contribution is 2.34. The van der Waals surface area contributed by atoms with Gasteiger partial charge in [0.05, 0.1) is 17.5 Å². The van der Waals surface area contributed by atoms with Crippen LogP contribution in [0.1, 0.15) is 36.0 Å². The SMILES string of the molecule is O=C(NC1CCCC1)c1ccc(NC2=N[C@H]3CS(=O)(=O)C[C@@H]3S2)cc1. The summed E-state index contributed by atoms with van der Waals surface area (Å²) in [5.74, 6) is 0.332. The summed E-state index contributed by atoms with van der Waals surface area (Å²) in [6.07, 6.45) is 4.52. The average molecular weight is 380 g/mol. The molecule has 0 aromatic heterocycles. The van der Waals surface area contributed by atoms with Crippen LogP contribution in [0.5, 0.6) is 0 Å². The van der Waals surface area contributed by atoms with E-state index in [2.05, 4.69) is 15.6 Å². The number of amides is 1. The number of sulfone groups is 1. The number of thioether (sulfide) groups is 1. The number of nitrogens with zero attached hydrogens (tertiary/aromatic N) is 1. The average Bonchev–Trinajstić information content (AvgIpc) is 3.23. The van der Waals surface area contributed by atoms with Gasteiger partial charge in [-0.2, -0.15) is 0 Å². The normalized spacial score (nSPS) is 27.8. The number of aliphatic imine (C=N–C) groups is 1. The van der Waals surface area contributed by atoms with Crippen LogP contribution in [-0.2, 0) is 9.84 Å². The Morgan fingerprint density at radius 3 is 2.52 bits per heavy atom. The third-order valence-electron chi connectivity index (χ3n) is 4.91. The van der Waals surface area contributed by atoms with Crippen molar-refractivity contribution < 1.29 is 13.2 Å². The molecule has 2 aliphatic heterocycles. The van der Waals surface area contributed by atoms with Crippen LogP contribution in [-0.4, -0.2) is 48.3 Å². The number of amidine groups is 1. The Kier molecular flexibility index (Phi) is 4.49. The first-order chi connectivity index (χ1) is 12.0. The van der Waals surface area contributed by atoms with Crippen LogP contribution in [0, 0.1) is 0 Å². The van der Waals surface area contributed by atoms with E-state index in [1.54, 1.807) is 12.1 Å². The fourth-order valence-corrected chi connectivity index (χ4v) is 7.26. The number of hydrogen-bond acceptors (Lipinski definition) is 6. The van der Waals surface area contributed by atoms with Crippen molar-refractivity contribution in [1.82, 2.24) is 5.32 Å². The molecule has 0 spiro atoms. The second kappa shape index (κ2) is 6.64. The number of anilines is 1. The quantitative estimate of drug-likeness (QED) is 0.839. The van der Waals surface area contributed by atoms with Crippen LogP contribution in [0.3, 0.4) is 0 Å². The summed E-state index contributed by atoms with van der Waals surface area (Å²) < 4.78 is 23.2.